The molecule has 1 aromatic heterocycles. The molecule has 0 bridgehead atoms. The fourth-order valence-electron chi connectivity index (χ4n) is 4.99. The summed E-state index contributed by atoms with van der Waals surface area (Å²) in [6, 6.07) is 6.97. The highest BCUT2D eigenvalue weighted by molar-refractivity contribution is 5.75. The maximum absolute atomic E-state index is 13.3. The Kier molecular flexibility index (Phi) is 14.6. The van der Waals surface area contributed by atoms with Gasteiger partial charge in [0.2, 0.25) is 5.82 Å². The summed E-state index contributed by atoms with van der Waals surface area (Å²) in [6.45, 7) is 6.26. The monoisotopic (exact) mass is 632 g/mol. The fraction of sp³-hybridized carbons (Fsp3) is 0.586. The number of nitrogens with zero attached hydrogens (tertiary/aromatic N) is 5. The van der Waals surface area contributed by atoms with Crippen molar-refractivity contribution in [1.82, 2.24) is 15.3 Å². The molecule has 2 fully saturated rings. The summed E-state index contributed by atoms with van der Waals surface area (Å²) >= 11 is 0. The second-order valence-corrected chi connectivity index (χ2v) is 10.5. The SMILES string of the molecule is C=O.CNCCc1ccc(C(F)(F)F)cc1.NC(N)=NCCCC1CCN(c2cc(N3CCCC3)nc(C(F)(F)F)n2)CC1. The van der Waals surface area contributed by atoms with E-state index in [1.807, 2.05) is 23.6 Å². The van der Waals surface area contributed by atoms with Gasteiger partial charge in [0.15, 0.2) is 5.96 Å². The highest BCUT2D eigenvalue weighted by atomic mass is 19.4. The lowest BCUT2D eigenvalue weighted by Crippen LogP contribution is -2.35. The van der Waals surface area contributed by atoms with Crippen molar-refractivity contribution >= 4 is 24.4 Å². The van der Waals surface area contributed by atoms with Gasteiger partial charge in [0.25, 0.3) is 0 Å². The number of benzene rings is 1. The molecule has 15 heteroatoms. The molecule has 5 N–H and O–H groups in total. The number of rotatable bonds is 9. The Labute approximate surface area is 254 Å². The molecule has 0 spiro atoms. The molecule has 2 aliphatic rings. The number of aromatic nitrogens is 2. The number of halogens is 6. The number of hydrogen-bond donors (Lipinski definition) is 3. The highest BCUT2D eigenvalue weighted by Crippen LogP contribution is 2.33. The number of carbonyl (C=O) groups is 1. The lowest BCUT2D eigenvalue weighted by Gasteiger charge is -2.33. The van der Waals surface area contributed by atoms with Crippen molar-refractivity contribution in [2.75, 3.05) is 56.1 Å². The van der Waals surface area contributed by atoms with Gasteiger partial charge >= 0.3 is 12.4 Å². The van der Waals surface area contributed by atoms with Gasteiger partial charge in [-0.15, -0.1) is 0 Å². The van der Waals surface area contributed by atoms with Crippen LogP contribution in [0.5, 0.6) is 0 Å². The summed E-state index contributed by atoms with van der Waals surface area (Å²) in [6.07, 6.45) is -2.31. The third-order valence-corrected chi connectivity index (χ3v) is 7.33. The van der Waals surface area contributed by atoms with Crippen LogP contribution in [-0.4, -0.2) is 69.0 Å². The Balaban J connectivity index is 0.000000355. The first-order valence-corrected chi connectivity index (χ1v) is 14.5. The molecule has 0 aliphatic carbocycles. The van der Waals surface area contributed by atoms with E-state index in [-0.39, 0.29) is 5.96 Å². The van der Waals surface area contributed by atoms with Crippen LogP contribution in [0.25, 0.3) is 0 Å². The van der Waals surface area contributed by atoms with E-state index in [0.717, 1.165) is 82.3 Å². The molecule has 0 radical (unpaired) electrons. The van der Waals surface area contributed by atoms with E-state index in [0.29, 0.717) is 37.2 Å². The van der Waals surface area contributed by atoms with Crippen molar-refractivity contribution in [3.8, 4) is 0 Å². The van der Waals surface area contributed by atoms with Crippen LogP contribution in [0.15, 0.2) is 35.3 Å². The van der Waals surface area contributed by atoms with Gasteiger partial charge in [0, 0.05) is 38.8 Å². The zero-order valence-corrected chi connectivity index (χ0v) is 24.9. The average molecular weight is 633 g/mol. The number of alkyl halides is 6. The summed E-state index contributed by atoms with van der Waals surface area (Å²) in [4.78, 5) is 23.5. The Bertz CT molecular complexity index is 1140. The van der Waals surface area contributed by atoms with Crippen molar-refractivity contribution in [2.24, 2.45) is 22.4 Å². The Morgan fingerprint density at radius 2 is 1.48 bits per heavy atom. The molecule has 3 heterocycles. The molecule has 4 rings (SSSR count). The molecule has 0 amide bonds. The lowest BCUT2D eigenvalue weighted by molar-refractivity contribution is -0.144. The molecule has 2 aliphatic heterocycles. The van der Waals surface area contributed by atoms with Crippen LogP contribution < -0.4 is 26.6 Å². The van der Waals surface area contributed by atoms with E-state index < -0.39 is 23.7 Å². The third-order valence-electron chi connectivity index (χ3n) is 7.33. The molecule has 0 atom stereocenters. The maximum Gasteiger partial charge on any atom is 0.451 e. The summed E-state index contributed by atoms with van der Waals surface area (Å²) in [5, 5.41) is 2.94. The van der Waals surface area contributed by atoms with E-state index in [4.69, 9.17) is 16.3 Å². The number of anilines is 2. The Morgan fingerprint density at radius 1 is 0.932 bits per heavy atom. The Hall–Kier alpha value is -3.62. The van der Waals surface area contributed by atoms with Crippen molar-refractivity contribution in [3.05, 3.63) is 47.3 Å². The van der Waals surface area contributed by atoms with Crippen LogP contribution in [0.2, 0.25) is 0 Å². The summed E-state index contributed by atoms with van der Waals surface area (Å²) < 4.78 is 76.4. The predicted octanol–water partition coefficient (Wildman–Crippen LogP) is 4.65. The van der Waals surface area contributed by atoms with E-state index in [9.17, 15) is 26.3 Å². The van der Waals surface area contributed by atoms with E-state index in [1.54, 1.807) is 6.07 Å². The van der Waals surface area contributed by atoms with Crippen LogP contribution in [0.1, 0.15) is 55.5 Å². The number of hydrogen-bond acceptors (Lipinski definition) is 7. The first kappa shape index (κ1) is 36.6. The Morgan fingerprint density at radius 3 is 1.95 bits per heavy atom. The van der Waals surface area contributed by atoms with Crippen LogP contribution in [0, 0.1) is 5.92 Å². The first-order valence-electron chi connectivity index (χ1n) is 14.5. The van der Waals surface area contributed by atoms with Crippen LogP contribution in [0.3, 0.4) is 0 Å². The third kappa shape index (κ3) is 12.2. The summed E-state index contributed by atoms with van der Waals surface area (Å²) in [7, 11) is 1.81. The molecular formula is C29H42F6N8O. The minimum atomic E-state index is -4.55. The zero-order chi connectivity index (χ0) is 32.8. The molecule has 0 saturated carbocycles. The number of nitrogens with two attached hydrogens (primary N) is 2. The van der Waals surface area contributed by atoms with Crippen molar-refractivity contribution < 1.29 is 31.1 Å². The van der Waals surface area contributed by atoms with Gasteiger partial charge in [-0.05, 0) is 82.2 Å². The van der Waals surface area contributed by atoms with Crippen LogP contribution in [0.4, 0.5) is 38.0 Å². The topological polar surface area (TPSA) is 126 Å². The molecule has 9 nitrogen and oxygen atoms in total. The molecule has 0 unspecified atom stereocenters. The maximum atomic E-state index is 13.3. The van der Waals surface area contributed by atoms with Crippen molar-refractivity contribution in [3.63, 3.8) is 0 Å². The van der Waals surface area contributed by atoms with Crippen molar-refractivity contribution in [1.29, 1.82) is 0 Å². The second kappa shape index (κ2) is 17.6. The molecule has 2 saturated heterocycles. The number of aliphatic imine (C=N–C) groups is 1. The van der Waals surface area contributed by atoms with Gasteiger partial charge in [-0.2, -0.15) is 26.3 Å². The lowest BCUT2D eigenvalue weighted by atomic mass is 9.92. The standard InChI is InChI=1S/C18H28F3N7.C10H12F3N.CH2O/c19-18(20,21)16-25-14(27-8-1-2-9-27)12-15(26-16)28-10-5-13(6-11-28)4-3-7-24-17(22)23;1-14-7-6-8-2-4-9(5-3-8)10(11,12)13;1-2/h12-13H,1-11H2,(H4,22,23,24);2-5,14H,6-7H2,1H3;1H2. The molecular weight excluding hydrogens is 590 g/mol. The van der Waals surface area contributed by atoms with E-state index >= 15 is 0 Å². The van der Waals surface area contributed by atoms with Gasteiger partial charge in [0.1, 0.15) is 18.4 Å². The number of guanidine groups is 1. The number of nitrogens with one attached hydrogen (secondary N) is 1. The molecule has 1 aromatic carbocycles. The first-order chi connectivity index (χ1) is 20.9. The average Bonchev–Trinajstić information content (AvgIpc) is 3.54. The van der Waals surface area contributed by atoms with Gasteiger partial charge < -0.3 is 31.4 Å². The fourth-order valence-corrected chi connectivity index (χ4v) is 4.99. The van der Waals surface area contributed by atoms with E-state index in [1.165, 1.54) is 12.1 Å². The summed E-state index contributed by atoms with van der Waals surface area (Å²) in [5.74, 6) is 0.351. The largest absolute Gasteiger partial charge is 0.451 e. The van der Waals surface area contributed by atoms with Crippen molar-refractivity contribution in [2.45, 2.75) is 57.3 Å². The van der Waals surface area contributed by atoms with Gasteiger partial charge in [-0.25, -0.2) is 9.97 Å². The van der Waals surface area contributed by atoms with Gasteiger partial charge in [-0.1, -0.05) is 12.1 Å². The minimum absolute atomic E-state index is 0.104. The normalized spacial score (nSPS) is 15.6. The zero-order valence-electron chi connectivity index (χ0n) is 24.9. The van der Waals surface area contributed by atoms with Crippen LogP contribution in [-0.2, 0) is 23.6 Å². The highest BCUT2D eigenvalue weighted by Gasteiger charge is 2.37. The number of piperidine rings is 1. The quantitative estimate of drug-likeness (QED) is 0.158. The minimum Gasteiger partial charge on any atom is -0.370 e. The molecule has 246 valence electrons. The van der Waals surface area contributed by atoms with Gasteiger partial charge in [0.05, 0.1) is 5.56 Å². The van der Waals surface area contributed by atoms with Gasteiger partial charge in [-0.3, -0.25) is 4.99 Å². The molecule has 44 heavy (non-hydrogen) atoms. The van der Waals surface area contributed by atoms with Crippen LogP contribution >= 0.6 is 0 Å². The predicted molar refractivity (Wildman–Crippen MR) is 160 cm³/mol. The number of carbonyl (C=O) groups excluding carboxylic acids is 1. The summed E-state index contributed by atoms with van der Waals surface area (Å²) in [5.41, 5.74) is 11.0. The number of likely N-dealkylation sites (N-methyl/N-ethyl adjacent to an activating group) is 1. The molecule has 2 aromatic rings. The van der Waals surface area contributed by atoms with E-state index in [2.05, 4.69) is 20.3 Å². The second-order valence-electron chi connectivity index (χ2n) is 10.5. The smallest absolute Gasteiger partial charge is 0.370 e.